The summed E-state index contributed by atoms with van der Waals surface area (Å²) < 4.78 is 0. The van der Waals surface area contributed by atoms with Crippen LogP contribution in [0.4, 0.5) is 0 Å². The van der Waals surface area contributed by atoms with Crippen LogP contribution in [0.25, 0.3) is 0 Å². The number of hydrogen-bond acceptors (Lipinski definition) is 3. The van der Waals surface area contributed by atoms with Gasteiger partial charge in [0, 0.05) is 17.7 Å². The first-order chi connectivity index (χ1) is 8.89. The highest BCUT2D eigenvalue weighted by Crippen LogP contribution is 2.22. The van der Waals surface area contributed by atoms with Crippen molar-refractivity contribution in [1.82, 2.24) is 0 Å². The van der Waals surface area contributed by atoms with E-state index in [0.717, 1.165) is 12.8 Å². The lowest BCUT2D eigenvalue weighted by Gasteiger charge is -2.17. The average molecular weight is 270 g/mol. The molecule has 0 radical (unpaired) electrons. The van der Waals surface area contributed by atoms with Crippen LogP contribution in [0.1, 0.15) is 79.1 Å². The lowest BCUT2D eigenvalue weighted by molar-refractivity contribution is 0.310. The highest BCUT2D eigenvalue weighted by molar-refractivity contribution is 5.63. The molecule has 1 unspecified atom stereocenters. The third kappa shape index (κ3) is 11.0. The third-order valence-corrected chi connectivity index (χ3v) is 3.87. The summed E-state index contributed by atoms with van der Waals surface area (Å²) in [6, 6.07) is 0.374. The molecule has 0 spiro atoms. The molecule has 0 rings (SSSR count). The fourth-order valence-electron chi connectivity index (χ4n) is 2.22. The first-order valence-electron chi connectivity index (χ1n) is 7.83. The van der Waals surface area contributed by atoms with Gasteiger partial charge in [0.15, 0.2) is 0 Å². The Balaban J connectivity index is 3.37. The minimum absolute atomic E-state index is 0.0266. The van der Waals surface area contributed by atoms with Crippen molar-refractivity contribution < 1.29 is 5.21 Å². The van der Waals surface area contributed by atoms with Crippen LogP contribution < -0.4 is 5.73 Å². The van der Waals surface area contributed by atoms with Gasteiger partial charge in [-0.15, -0.1) is 5.16 Å². The van der Waals surface area contributed by atoms with E-state index in [-0.39, 0.29) is 5.41 Å². The van der Waals surface area contributed by atoms with Crippen molar-refractivity contribution in [3.63, 3.8) is 0 Å². The molecule has 19 heavy (non-hydrogen) atoms. The lowest BCUT2D eigenvalue weighted by Crippen LogP contribution is -2.25. The van der Waals surface area contributed by atoms with Crippen LogP contribution in [0.5, 0.6) is 0 Å². The maximum atomic E-state index is 8.54. The maximum Gasteiger partial charge on any atom is 0.0492 e. The fourth-order valence-corrected chi connectivity index (χ4v) is 2.22. The second kappa shape index (κ2) is 10.2. The Bertz CT molecular complexity index is 237. The molecule has 0 aliphatic heterocycles. The Labute approximate surface area is 119 Å². The van der Waals surface area contributed by atoms with E-state index in [1.807, 2.05) is 0 Å². The van der Waals surface area contributed by atoms with Gasteiger partial charge in [-0.3, -0.25) is 0 Å². The van der Waals surface area contributed by atoms with Gasteiger partial charge in [0.25, 0.3) is 0 Å². The zero-order chi connectivity index (χ0) is 14.7. The second-order valence-corrected chi connectivity index (χ2v) is 6.80. The van der Waals surface area contributed by atoms with Crippen molar-refractivity contribution >= 4 is 6.21 Å². The third-order valence-electron chi connectivity index (χ3n) is 3.87. The van der Waals surface area contributed by atoms with Gasteiger partial charge in [-0.05, 0) is 18.8 Å². The van der Waals surface area contributed by atoms with Crippen molar-refractivity contribution in [1.29, 1.82) is 0 Å². The Kier molecular flexibility index (Phi) is 9.94. The van der Waals surface area contributed by atoms with Crippen LogP contribution in [-0.2, 0) is 0 Å². The summed E-state index contributed by atoms with van der Waals surface area (Å²) in [5.74, 6) is 0.607. The van der Waals surface area contributed by atoms with Gasteiger partial charge in [0.2, 0.25) is 0 Å². The van der Waals surface area contributed by atoms with Gasteiger partial charge in [-0.1, -0.05) is 66.2 Å². The summed E-state index contributed by atoms with van der Waals surface area (Å²) >= 11 is 0. The Hall–Kier alpha value is -0.570. The number of rotatable bonds is 11. The normalized spacial score (nSPS) is 14.4. The molecule has 0 fully saturated rings. The van der Waals surface area contributed by atoms with E-state index in [2.05, 4.69) is 32.9 Å². The van der Waals surface area contributed by atoms with Crippen LogP contribution >= 0.6 is 0 Å². The van der Waals surface area contributed by atoms with E-state index in [4.69, 9.17) is 10.9 Å². The topological polar surface area (TPSA) is 58.6 Å². The Morgan fingerprint density at radius 2 is 1.58 bits per heavy atom. The maximum absolute atomic E-state index is 8.54. The molecule has 114 valence electrons. The fraction of sp³-hybridized carbons (Fsp3) is 0.938. The molecule has 0 aromatic rings. The standard InChI is InChI=1S/C16H34N2O/c1-14(2)15(17)11-9-7-5-6-8-10-12-16(3,4)13-18-19/h13-15,19H,5-12,17H2,1-4H3/b18-13+. The molecule has 3 heteroatoms. The van der Waals surface area contributed by atoms with Gasteiger partial charge in [-0.25, -0.2) is 0 Å². The molecule has 0 heterocycles. The molecule has 0 aromatic carbocycles. The molecular weight excluding hydrogens is 236 g/mol. The summed E-state index contributed by atoms with van der Waals surface area (Å²) in [5, 5.41) is 11.7. The van der Waals surface area contributed by atoms with Crippen molar-refractivity contribution in [3.8, 4) is 0 Å². The second-order valence-electron chi connectivity index (χ2n) is 6.80. The zero-order valence-electron chi connectivity index (χ0n) is 13.4. The van der Waals surface area contributed by atoms with E-state index in [1.54, 1.807) is 6.21 Å². The predicted molar refractivity (Wildman–Crippen MR) is 83.8 cm³/mol. The number of nitrogens with two attached hydrogens (primary N) is 1. The van der Waals surface area contributed by atoms with Crippen molar-refractivity contribution in [2.24, 2.45) is 22.2 Å². The molecule has 0 amide bonds. The average Bonchev–Trinajstić information content (AvgIpc) is 2.31. The molecule has 0 bridgehead atoms. The van der Waals surface area contributed by atoms with E-state index in [1.165, 1.54) is 38.5 Å². The van der Waals surface area contributed by atoms with Gasteiger partial charge in [0.05, 0.1) is 0 Å². The Morgan fingerprint density at radius 3 is 2.11 bits per heavy atom. The summed E-state index contributed by atoms with van der Waals surface area (Å²) in [7, 11) is 0. The summed E-state index contributed by atoms with van der Waals surface area (Å²) in [5.41, 5.74) is 6.05. The van der Waals surface area contributed by atoms with Gasteiger partial charge in [-0.2, -0.15) is 0 Å². The monoisotopic (exact) mass is 270 g/mol. The van der Waals surface area contributed by atoms with E-state index < -0.39 is 0 Å². The van der Waals surface area contributed by atoms with Crippen molar-refractivity contribution in [2.75, 3.05) is 0 Å². The van der Waals surface area contributed by atoms with Crippen LogP contribution in [0.15, 0.2) is 5.16 Å². The molecule has 0 aromatic heterocycles. The van der Waals surface area contributed by atoms with E-state index >= 15 is 0 Å². The number of nitrogens with zero attached hydrogens (tertiary/aromatic N) is 1. The van der Waals surface area contributed by atoms with Crippen LogP contribution in [0.2, 0.25) is 0 Å². The zero-order valence-corrected chi connectivity index (χ0v) is 13.4. The molecule has 3 nitrogen and oxygen atoms in total. The predicted octanol–water partition coefficient (Wildman–Crippen LogP) is 4.58. The van der Waals surface area contributed by atoms with Crippen LogP contribution in [0, 0.1) is 11.3 Å². The minimum Gasteiger partial charge on any atom is -0.411 e. The van der Waals surface area contributed by atoms with Gasteiger partial charge in [0.1, 0.15) is 0 Å². The summed E-state index contributed by atoms with van der Waals surface area (Å²) in [4.78, 5) is 0. The summed E-state index contributed by atoms with van der Waals surface area (Å²) in [6.45, 7) is 8.62. The van der Waals surface area contributed by atoms with E-state index in [9.17, 15) is 0 Å². The molecule has 1 atom stereocenters. The van der Waals surface area contributed by atoms with Gasteiger partial charge < -0.3 is 10.9 Å². The SMILES string of the molecule is CC(C)C(N)CCCCCCCCC(C)(C)/C=N/O. The van der Waals surface area contributed by atoms with Gasteiger partial charge >= 0.3 is 0 Å². The molecule has 0 aliphatic carbocycles. The smallest absolute Gasteiger partial charge is 0.0492 e. The quantitative estimate of drug-likeness (QED) is 0.250. The molecule has 3 N–H and O–H groups in total. The van der Waals surface area contributed by atoms with Crippen LogP contribution in [-0.4, -0.2) is 17.5 Å². The number of hydrogen-bond donors (Lipinski definition) is 2. The molecule has 0 saturated heterocycles. The van der Waals surface area contributed by atoms with E-state index in [0.29, 0.717) is 12.0 Å². The first kappa shape index (κ1) is 18.4. The largest absolute Gasteiger partial charge is 0.411 e. The number of unbranched alkanes of at least 4 members (excludes halogenated alkanes) is 5. The highest BCUT2D eigenvalue weighted by atomic mass is 16.4. The summed E-state index contributed by atoms with van der Waals surface area (Å²) in [6.07, 6.45) is 11.6. The lowest BCUT2D eigenvalue weighted by atomic mass is 9.88. The van der Waals surface area contributed by atoms with Crippen LogP contribution in [0.3, 0.4) is 0 Å². The number of oxime groups is 1. The first-order valence-corrected chi connectivity index (χ1v) is 7.83. The Morgan fingerprint density at radius 1 is 1.05 bits per heavy atom. The minimum atomic E-state index is 0.0266. The molecule has 0 saturated carbocycles. The van der Waals surface area contributed by atoms with Crippen molar-refractivity contribution in [2.45, 2.75) is 85.1 Å². The highest BCUT2D eigenvalue weighted by Gasteiger charge is 2.14. The molecule has 0 aliphatic rings. The molecular formula is C16H34N2O. The van der Waals surface area contributed by atoms with Crippen molar-refractivity contribution in [3.05, 3.63) is 0 Å².